The molecule has 1 amide bonds. The van der Waals surface area contributed by atoms with Gasteiger partial charge < -0.3 is 14.8 Å². The van der Waals surface area contributed by atoms with Crippen molar-refractivity contribution in [3.8, 4) is 17.1 Å². The average Bonchev–Trinajstić information content (AvgIpc) is 3.10. The molecule has 0 unspecified atom stereocenters. The summed E-state index contributed by atoms with van der Waals surface area (Å²) in [6.45, 7) is 0. The number of hydrogen-bond donors (Lipinski definition) is 3. The molecule has 9 heteroatoms. The van der Waals surface area contributed by atoms with Crippen LogP contribution < -0.4 is 10.6 Å². The molecule has 1 aromatic heterocycles. The minimum Gasteiger partial charge on any atom is -0.506 e. The predicted molar refractivity (Wildman–Crippen MR) is 111 cm³/mol. The second-order valence-electron chi connectivity index (χ2n) is 5.33. The van der Waals surface area contributed by atoms with E-state index in [9.17, 15) is 9.90 Å². The van der Waals surface area contributed by atoms with Gasteiger partial charge in [0, 0.05) is 10.6 Å². The molecule has 3 rings (SSSR count). The number of halogens is 3. The summed E-state index contributed by atoms with van der Waals surface area (Å²) in [5, 5.41) is 16.0. The van der Waals surface area contributed by atoms with Crippen molar-refractivity contribution in [2.24, 2.45) is 0 Å². The quantitative estimate of drug-likeness (QED) is 0.357. The number of aromatic hydroxyl groups is 1. The predicted octanol–water partition coefficient (Wildman–Crippen LogP) is 5.74. The smallest absolute Gasteiger partial charge is 0.293 e. The summed E-state index contributed by atoms with van der Waals surface area (Å²) in [5.74, 6) is -0.218. The standard InChI is InChI=1S/C18H11Cl3N2O3S/c19-9-4-5-13(24)12(8-9)22-18(27)23-17(25)15-7-6-14(26-15)10-2-1-3-11(20)16(10)21/h1-8,24H,(H2,22,23,25,27). The van der Waals surface area contributed by atoms with Crippen LogP contribution in [-0.2, 0) is 0 Å². The Morgan fingerprint density at radius 3 is 2.63 bits per heavy atom. The molecule has 1 heterocycles. The zero-order valence-electron chi connectivity index (χ0n) is 13.4. The minimum atomic E-state index is -0.571. The highest BCUT2D eigenvalue weighted by Crippen LogP contribution is 2.34. The second-order valence-corrected chi connectivity index (χ2v) is 6.96. The molecule has 3 aromatic rings. The zero-order chi connectivity index (χ0) is 19.6. The number of hydrogen-bond acceptors (Lipinski definition) is 4. The lowest BCUT2D eigenvalue weighted by molar-refractivity contribution is 0.0951. The molecular weight excluding hydrogens is 431 g/mol. The van der Waals surface area contributed by atoms with Gasteiger partial charge >= 0.3 is 0 Å². The van der Waals surface area contributed by atoms with Crippen LogP contribution in [0.25, 0.3) is 11.3 Å². The number of thiocarbonyl (C=S) groups is 1. The molecule has 27 heavy (non-hydrogen) atoms. The summed E-state index contributed by atoms with van der Waals surface area (Å²) < 4.78 is 5.55. The fraction of sp³-hybridized carbons (Fsp3) is 0. The lowest BCUT2D eigenvalue weighted by atomic mass is 10.2. The van der Waals surface area contributed by atoms with Gasteiger partial charge in [-0.1, -0.05) is 40.9 Å². The van der Waals surface area contributed by atoms with Crippen molar-refractivity contribution in [2.75, 3.05) is 5.32 Å². The van der Waals surface area contributed by atoms with Gasteiger partial charge in [0.25, 0.3) is 5.91 Å². The van der Waals surface area contributed by atoms with Crippen LogP contribution in [0.4, 0.5) is 5.69 Å². The van der Waals surface area contributed by atoms with Gasteiger partial charge in [0.2, 0.25) is 0 Å². The molecular formula is C18H11Cl3N2O3S. The van der Waals surface area contributed by atoms with Gasteiger partial charge in [-0.3, -0.25) is 10.1 Å². The number of furan rings is 1. The van der Waals surface area contributed by atoms with E-state index in [0.29, 0.717) is 26.4 Å². The van der Waals surface area contributed by atoms with Crippen LogP contribution in [0.1, 0.15) is 10.6 Å². The number of amides is 1. The molecule has 0 saturated heterocycles. The Morgan fingerprint density at radius 1 is 1.07 bits per heavy atom. The number of phenols is 1. The van der Waals surface area contributed by atoms with Crippen molar-refractivity contribution >= 4 is 63.7 Å². The molecule has 0 spiro atoms. The molecule has 138 valence electrons. The highest BCUT2D eigenvalue weighted by molar-refractivity contribution is 7.80. The molecule has 0 saturated carbocycles. The largest absolute Gasteiger partial charge is 0.506 e. The van der Waals surface area contributed by atoms with E-state index in [-0.39, 0.29) is 22.3 Å². The van der Waals surface area contributed by atoms with Crippen LogP contribution in [-0.4, -0.2) is 16.1 Å². The SMILES string of the molecule is O=C(NC(=S)Nc1cc(Cl)ccc1O)c1ccc(-c2cccc(Cl)c2Cl)o1. The van der Waals surface area contributed by atoms with Gasteiger partial charge in [0.15, 0.2) is 10.9 Å². The summed E-state index contributed by atoms with van der Waals surface area (Å²) >= 11 is 23.1. The van der Waals surface area contributed by atoms with Crippen LogP contribution in [0.5, 0.6) is 5.75 Å². The van der Waals surface area contributed by atoms with E-state index in [1.54, 1.807) is 24.3 Å². The number of phenolic OH excluding ortho intramolecular Hbond substituents is 1. The van der Waals surface area contributed by atoms with E-state index in [2.05, 4.69) is 10.6 Å². The van der Waals surface area contributed by atoms with Crippen LogP contribution in [0.2, 0.25) is 15.1 Å². The van der Waals surface area contributed by atoms with Gasteiger partial charge in [-0.05, 0) is 54.7 Å². The summed E-state index contributed by atoms with van der Waals surface area (Å²) in [5.41, 5.74) is 0.825. The van der Waals surface area contributed by atoms with Crippen LogP contribution in [0, 0.1) is 0 Å². The number of nitrogens with one attached hydrogen (secondary N) is 2. The monoisotopic (exact) mass is 440 g/mol. The number of benzene rings is 2. The Morgan fingerprint density at radius 2 is 1.85 bits per heavy atom. The summed E-state index contributed by atoms with van der Waals surface area (Å²) in [4.78, 5) is 12.3. The first kappa shape index (κ1) is 19.5. The van der Waals surface area contributed by atoms with Gasteiger partial charge in [0.1, 0.15) is 11.5 Å². The molecule has 2 aromatic carbocycles. The Labute approximate surface area is 174 Å². The first-order valence-corrected chi connectivity index (χ1v) is 9.04. The molecule has 0 radical (unpaired) electrons. The van der Waals surface area contributed by atoms with Gasteiger partial charge in [-0.25, -0.2) is 0 Å². The average molecular weight is 442 g/mol. The second kappa shape index (κ2) is 8.19. The van der Waals surface area contributed by atoms with Crippen LogP contribution in [0.3, 0.4) is 0 Å². The highest BCUT2D eigenvalue weighted by Gasteiger charge is 2.16. The molecule has 0 aliphatic carbocycles. The van der Waals surface area contributed by atoms with E-state index in [1.165, 1.54) is 24.3 Å². The van der Waals surface area contributed by atoms with Gasteiger partial charge in [0.05, 0.1) is 15.7 Å². The Kier molecular flexibility index (Phi) is 5.92. The lowest BCUT2D eigenvalue weighted by Gasteiger charge is -2.10. The van der Waals surface area contributed by atoms with Gasteiger partial charge in [-0.15, -0.1) is 0 Å². The molecule has 0 aliphatic rings. The third kappa shape index (κ3) is 4.54. The Balaban J connectivity index is 1.72. The Bertz CT molecular complexity index is 1040. The topological polar surface area (TPSA) is 74.5 Å². The lowest BCUT2D eigenvalue weighted by Crippen LogP contribution is -2.33. The van der Waals surface area contributed by atoms with E-state index < -0.39 is 5.91 Å². The normalized spacial score (nSPS) is 10.5. The maximum Gasteiger partial charge on any atom is 0.293 e. The molecule has 0 fully saturated rings. The third-order valence-electron chi connectivity index (χ3n) is 3.48. The van der Waals surface area contributed by atoms with Crippen molar-refractivity contribution in [3.05, 3.63) is 69.4 Å². The number of anilines is 1. The van der Waals surface area contributed by atoms with Crippen molar-refractivity contribution in [1.82, 2.24) is 5.32 Å². The Hall–Kier alpha value is -2.25. The van der Waals surface area contributed by atoms with Crippen molar-refractivity contribution < 1.29 is 14.3 Å². The van der Waals surface area contributed by atoms with E-state index in [0.717, 1.165) is 0 Å². The number of rotatable bonds is 3. The maximum atomic E-state index is 12.3. The van der Waals surface area contributed by atoms with Crippen molar-refractivity contribution in [2.45, 2.75) is 0 Å². The van der Waals surface area contributed by atoms with E-state index >= 15 is 0 Å². The highest BCUT2D eigenvalue weighted by atomic mass is 35.5. The zero-order valence-corrected chi connectivity index (χ0v) is 16.5. The number of carbonyl (C=O) groups excluding carboxylic acids is 1. The van der Waals surface area contributed by atoms with Gasteiger partial charge in [-0.2, -0.15) is 0 Å². The fourth-order valence-corrected chi connectivity index (χ4v) is 2.99. The summed E-state index contributed by atoms with van der Waals surface area (Å²) in [6, 6.07) is 12.6. The van der Waals surface area contributed by atoms with E-state index in [4.69, 9.17) is 51.4 Å². The first-order chi connectivity index (χ1) is 12.8. The molecule has 5 nitrogen and oxygen atoms in total. The fourth-order valence-electron chi connectivity index (χ4n) is 2.23. The molecule has 0 bridgehead atoms. The number of carbonyl (C=O) groups is 1. The maximum absolute atomic E-state index is 12.3. The molecule has 0 atom stereocenters. The summed E-state index contributed by atoms with van der Waals surface area (Å²) in [7, 11) is 0. The first-order valence-electron chi connectivity index (χ1n) is 7.50. The molecule has 3 N–H and O–H groups in total. The van der Waals surface area contributed by atoms with Crippen LogP contribution >= 0.6 is 47.0 Å². The third-order valence-corrected chi connectivity index (χ3v) is 4.74. The summed E-state index contributed by atoms with van der Waals surface area (Å²) in [6.07, 6.45) is 0. The van der Waals surface area contributed by atoms with Crippen molar-refractivity contribution in [3.63, 3.8) is 0 Å². The van der Waals surface area contributed by atoms with E-state index in [1.807, 2.05) is 0 Å². The van der Waals surface area contributed by atoms with Crippen LogP contribution in [0.15, 0.2) is 52.9 Å². The van der Waals surface area contributed by atoms with Crippen molar-refractivity contribution in [1.29, 1.82) is 0 Å². The minimum absolute atomic E-state index is 0.0282. The molecule has 0 aliphatic heterocycles.